The zero-order valence-electron chi connectivity index (χ0n) is 6.23. The Balaban J connectivity index is 2.27. The lowest BCUT2D eigenvalue weighted by Crippen LogP contribution is -2.24. The number of carbonyl (C=O) groups is 1. The highest BCUT2D eigenvalue weighted by Gasteiger charge is 2.29. The zero-order valence-corrected chi connectivity index (χ0v) is 6.23. The van der Waals surface area contributed by atoms with Gasteiger partial charge in [-0.25, -0.2) is 4.79 Å². The van der Waals surface area contributed by atoms with Gasteiger partial charge in [-0.15, -0.1) is 0 Å². The number of carboxylic acid groups (broad SMARTS) is 1. The first-order valence-corrected chi connectivity index (χ1v) is 3.61. The molecule has 1 aliphatic heterocycles. The monoisotopic (exact) mass is 165 g/mol. The van der Waals surface area contributed by atoms with E-state index in [1.807, 2.05) is 0 Å². The normalized spacial score (nSPS) is 19.8. The number of fused-ring (bicyclic) bond motifs is 1. The number of aliphatic carboxylic acids is 1. The van der Waals surface area contributed by atoms with Gasteiger partial charge >= 0.3 is 5.97 Å². The van der Waals surface area contributed by atoms with Crippen molar-refractivity contribution in [2.45, 2.75) is 12.5 Å². The van der Waals surface area contributed by atoms with Crippen LogP contribution in [0.5, 0.6) is 5.75 Å². The van der Waals surface area contributed by atoms with Gasteiger partial charge in [0.2, 0.25) is 6.10 Å². The highest BCUT2D eigenvalue weighted by molar-refractivity contribution is 5.74. The first-order chi connectivity index (χ1) is 5.77. The van der Waals surface area contributed by atoms with Gasteiger partial charge in [-0.3, -0.25) is 4.98 Å². The summed E-state index contributed by atoms with van der Waals surface area (Å²) in [6.45, 7) is 0. The molecule has 2 heterocycles. The molecule has 2 rings (SSSR count). The maximum absolute atomic E-state index is 10.5. The van der Waals surface area contributed by atoms with Gasteiger partial charge in [-0.1, -0.05) is 0 Å². The van der Waals surface area contributed by atoms with Crippen LogP contribution in [0.4, 0.5) is 0 Å². The molecule has 1 atom stereocenters. The van der Waals surface area contributed by atoms with Crippen LogP contribution in [-0.4, -0.2) is 22.2 Å². The van der Waals surface area contributed by atoms with Crippen LogP contribution in [0.3, 0.4) is 0 Å². The number of rotatable bonds is 1. The molecule has 0 radical (unpaired) electrons. The molecule has 1 aromatic heterocycles. The first-order valence-electron chi connectivity index (χ1n) is 3.61. The summed E-state index contributed by atoms with van der Waals surface area (Å²) in [7, 11) is 0. The van der Waals surface area contributed by atoms with Crippen molar-refractivity contribution in [3.05, 3.63) is 24.0 Å². The largest absolute Gasteiger partial charge is 0.478 e. The van der Waals surface area contributed by atoms with E-state index in [-0.39, 0.29) is 0 Å². The number of pyridine rings is 1. The summed E-state index contributed by atoms with van der Waals surface area (Å²) in [6, 6.07) is 3.45. The maximum Gasteiger partial charge on any atom is 0.345 e. The number of hydrogen-bond donors (Lipinski definition) is 1. The minimum Gasteiger partial charge on any atom is -0.478 e. The Hall–Kier alpha value is -1.58. The topological polar surface area (TPSA) is 59.4 Å². The van der Waals surface area contributed by atoms with Gasteiger partial charge in [-0.05, 0) is 12.1 Å². The van der Waals surface area contributed by atoms with Gasteiger partial charge in [0.1, 0.15) is 5.75 Å². The molecule has 1 aliphatic rings. The summed E-state index contributed by atoms with van der Waals surface area (Å²) in [6.07, 6.45) is 1.24. The molecule has 1 aromatic rings. The molecule has 1 N–H and O–H groups in total. The molecule has 1 unspecified atom stereocenters. The average molecular weight is 165 g/mol. The molecule has 62 valence electrons. The molecule has 12 heavy (non-hydrogen) atoms. The van der Waals surface area contributed by atoms with E-state index < -0.39 is 12.1 Å². The summed E-state index contributed by atoms with van der Waals surface area (Å²) >= 11 is 0. The van der Waals surface area contributed by atoms with E-state index in [2.05, 4.69) is 4.98 Å². The number of ether oxygens (including phenoxy) is 1. The second-order valence-corrected chi connectivity index (χ2v) is 2.60. The third-order valence-electron chi connectivity index (χ3n) is 1.77. The SMILES string of the molecule is O=C(O)C1Cc2ncccc2O1. The number of carboxylic acids is 1. The van der Waals surface area contributed by atoms with Crippen molar-refractivity contribution in [1.82, 2.24) is 4.98 Å². The molecular weight excluding hydrogens is 158 g/mol. The first kappa shape index (κ1) is 7.09. The van der Waals surface area contributed by atoms with Crippen molar-refractivity contribution in [3.8, 4) is 5.75 Å². The van der Waals surface area contributed by atoms with Crippen molar-refractivity contribution in [1.29, 1.82) is 0 Å². The smallest absolute Gasteiger partial charge is 0.345 e. The van der Waals surface area contributed by atoms with E-state index >= 15 is 0 Å². The van der Waals surface area contributed by atoms with E-state index in [1.54, 1.807) is 18.3 Å². The van der Waals surface area contributed by atoms with E-state index in [4.69, 9.17) is 9.84 Å². The molecule has 4 nitrogen and oxygen atoms in total. The van der Waals surface area contributed by atoms with E-state index in [1.165, 1.54) is 0 Å². The van der Waals surface area contributed by atoms with Crippen molar-refractivity contribution in [2.75, 3.05) is 0 Å². The van der Waals surface area contributed by atoms with Crippen LogP contribution in [0.15, 0.2) is 18.3 Å². The number of hydrogen-bond acceptors (Lipinski definition) is 3. The highest BCUT2D eigenvalue weighted by atomic mass is 16.5. The Morgan fingerprint density at radius 2 is 2.58 bits per heavy atom. The fraction of sp³-hybridized carbons (Fsp3) is 0.250. The molecule has 0 saturated carbocycles. The van der Waals surface area contributed by atoms with Gasteiger partial charge < -0.3 is 9.84 Å². The molecule has 0 spiro atoms. The Labute approximate surface area is 68.8 Å². The molecule has 4 heteroatoms. The summed E-state index contributed by atoms with van der Waals surface area (Å²) in [5, 5.41) is 8.63. The van der Waals surface area contributed by atoms with Gasteiger partial charge in [-0.2, -0.15) is 0 Å². The molecule has 0 aliphatic carbocycles. The van der Waals surface area contributed by atoms with E-state index in [0.29, 0.717) is 12.2 Å². The third-order valence-corrected chi connectivity index (χ3v) is 1.77. The second kappa shape index (κ2) is 2.48. The summed E-state index contributed by atoms with van der Waals surface area (Å²) in [5.74, 6) is -0.349. The van der Waals surface area contributed by atoms with Crippen LogP contribution in [-0.2, 0) is 11.2 Å². The molecular formula is C8H7NO3. The Morgan fingerprint density at radius 3 is 3.25 bits per heavy atom. The second-order valence-electron chi connectivity index (χ2n) is 2.60. The van der Waals surface area contributed by atoms with Crippen molar-refractivity contribution < 1.29 is 14.6 Å². The lowest BCUT2D eigenvalue weighted by molar-refractivity contribution is -0.144. The lowest BCUT2D eigenvalue weighted by Gasteiger charge is -2.02. The zero-order chi connectivity index (χ0) is 8.55. The highest BCUT2D eigenvalue weighted by Crippen LogP contribution is 2.25. The standard InChI is InChI=1S/C8H7NO3/c10-8(11)7-4-5-6(12-7)2-1-3-9-5/h1-3,7H,4H2,(H,10,11). The molecule has 0 amide bonds. The van der Waals surface area contributed by atoms with Crippen LogP contribution in [0.1, 0.15) is 5.69 Å². The van der Waals surface area contributed by atoms with Gasteiger partial charge in [0.05, 0.1) is 5.69 Å². The Morgan fingerprint density at radius 1 is 1.75 bits per heavy atom. The fourth-order valence-electron chi connectivity index (χ4n) is 1.19. The minimum absolute atomic E-state index is 0.367. The van der Waals surface area contributed by atoms with Crippen LogP contribution < -0.4 is 4.74 Å². The van der Waals surface area contributed by atoms with E-state index in [0.717, 1.165) is 5.69 Å². The van der Waals surface area contributed by atoms with Crippen LogP contribution in [0.2, 0.25) is 0 Å². The average Bonchev–Trinajstić information content (AvgIpc) is 2.46. The Bertz CT molecular complexity index is 299. The van der Waals surface area contributed by atoms with Crippen molar-refractivity contribution in [2.24, 2.45) is 0 Å². The Kier molecular flexibility index (Phi) is 1.46. The van der Waals surface area contributed by atoms with Crippen LogP contribution in [0, 0.1) is 0 Å². The summed E-state index contributed by atoms with van der Waals surface area (Å²) in [5.41, 5.74) is 0.727. The van der Waals surface area contributed by atoms with Crippen molar-refractivity contribution in [3.63, 3.8) is 0 Å². The predicted molar refractivity (Wildman–Crippen MR) is 40.0 cm³/mol. The van der Waals surface area contributed by atoms with Crippen LogP contribution in [0.25, 0.3) is 0 Å². The van der Waals surface area contributed by atoms with Gasteiger partial charge in [0, 0.05) is 12.6 Å². The molecule has 0 aromatic carbocycles. The quantitative estimate of drug-likeness (QED) is 0.657. The predicted octanol–water partition coefficient (Wildman–Crippen LogP) is 0.470. The fourth-order valence-corrected chi connectivity index (χ4v) is 1.19. The minimum atomic E-state index is -0.937. The number of aromatic nitrogens is 1. The third kappa shape index (κ3) is 1.01. The van der Waals surface area contributed by atoms with Gasteiger partial charge in [0.25, 0.3) is 0 Å². The molecule has 0 bridgehead atoms. The van der Waals surface area contributed by atoms with Crippen LogP contribution >= 0.6 is 0 Å². The summed E-state index contributed by atoms with van der Waals surface area (Å²) < 4.78 is 5.11. The maximum atomic E-state index is 10.5. The lowest BCUT2D eigenvalue weighted by atomic mass is 10.2. The molecule has 0 fully saturated rings. The van der Waals surface area contributed by atoms with E-state index in [9.17, 15) is 4.79 Å². The number of nitrogens with zero attached hydrogens (tertiary/aromatic N) is 1. The van der Waals surface area contributed by atoms with Gasteiger partial charge in [0.15, 0.2) is 0 Å². The summed E-state index contributed by atoms with van der Waals surface area (Å²) in [4.78, 5) is 14.5. The molecule has 0 saturated heterocycles. The van der Waals surface area contributed by atoms with Crippen molar-refractivity contribution >= 4 is 5.97 Å².